The van der Waals surface area contributed by atoms with Crippen LogP contribution in [0, 0.1) is 16.0 Å². The first-order chi connectivity index (χ1) is 8.32. The first-order valence-corrected chi connectivity index (χ1v) is 5.67. The van der Waals surface area contributed by atoms with Gasteiger partial charge in [-0.1, -0.05) is 13.8 Å². The number of amides is 1. The molecular formula is C12H17N3O3. The summed E-state index contributed by atoms with van der Waals surface area (Å²) in [6.45, 7) is 5.82. The van der Waals surface area contributed by atoms with E-state index >= 15 is 0 Å². The molecule has 6 heteroatoms. The van der Waals surface area contributed by atoms with Crippen LogP contribution in [0.2, 0.25) is 0 Å². The van der Waals surface area contributed by atoms with Gasteiger partial charge in [0.15, 0.2) is 0 Å². The summed E-state index contributed by atoms with van der Waals surface area (Å²) < 4.78 is 0. The first-order valence-electron chi connectivity index (χ1n) is 5.67. The van der Waals surface area contributed by atoms with Gasteiger partial charge in [-0.3, -0.25) is 14.9 Å². The van der Waals surface area contributed by atoms with Gasteiger partial charge in [0.05, 0.1) is 10.5 Å². The van der Waals surface area contributed by atoms with Gasteiger partial charge in [-0.15, -0.1) is 0 Å². The van der Waals surface area contributed by atoms with Crippen LogP contribution in [0.5, 0.6) is 0 Å². The maximum atomic E-state index is 11.9. The highest BCUT2D eigenvalue weighted by Crippen LogP contribution is 2.19. The number of anilines is 1. The number of nitrogen functional groups attached to an aromatic ring is 1. The number of nitrogens with one attached hydrogen (secondary N) is 1. The zero-order chi connectivity index (χ0) is 13.9. The van der Waals surface area contributed by atoms with Gasteiger partial charge in [0.25, 0.3) is 11.6 Å². The Morgan fingerprint density at radius 2 is 2.00 bits per heavy atom. The number of carbonyl (C=O) groups excluding carboxylic acids is 1. The number of non-ortho nitro benzene ring substituents is 1. The molecule has 0 radical (unpaired) electrons. The minimum atomic E-state index is -0.553. The third-order valence-electron chi connectivity index (χ3n) is 2.85. The second kappa shape index (κ2) is 5.48. The molecule has 6 nitrogen and oxygen atoms in total. The van der Waals surface area contributed by atoms with E-state index in [1.165, 1.54) is 18.2 Å². The quantitative estimate of drug-likeness (QED) is 0.485. The van der Waals surface area contributed by atoms with Gasteiger partial charge in [0, 0.05) is 23.9 Å². The van der Waals surface area contributed by atoms with E-state index in [0.29, 0.717) is 0 Å². The zero-order valence-corrected chi connectivity index (χ0v) is 10.6. The van der Waals surface area contributed by atoms with Crippen molar-refractivity contribution in [3.8, 4) is 0 Å². The molecule has 18 heavy (non-hydrogen) atoms. The number of hydrogen-bond donors (Lipinski definition) is 2. The van der Waals surface area contributed by atoms with E-state index in [0.717, 1.165) is 0 Å². The van der Waals surface area contributed by atoms with Crippen molar-refractivity contribution in [3.63, 3.8) is 0 Å². The number of rotatable bonds is 4. The van der Waals surface area contributed by atoms with Crippen molar-refractivity contribution in [2.45, 2.75) is 26.8 Å². The molecule has 1 aromatic carbocycles. The predicted molar refractivity (Wildman–Crippen MR) is 69.3 cm³/mol. The fourth-order valence-electron chi connectivity index (χ4n) is 1.31. The molecule has 0 saturated carbocycles. The Labute approximate surface area is 105 Å². The molecule has 0 aromatic heterocycles. The van der Waals surface area contributed by atoms with Crippen molar-refractivity contribution >= 4 is 17.3 Å². The average Bonchev–Trinajstić information content (AvgIpc) is 2.28. The molecule has 0 spiro atoms. The number of carbonyl (C=O) groups is 1. The molecule has 98 valence electrons. The van der Waals surface area contributed by atoms with Crippen LogP contribution in [0.1, 0.15) is 31.1 Å². The van der Waals surface area contributed by atoms with Gasteiger partial charge in [-0.2, -0.15) is 0 Å². The lowest BCUT2D eigenvalue weighted by atomic mass is 10.1. The number of nitrogens with two attached hydrogens (primary N) is 1. The Bertz CT molecular complexity index is 472. The van der Waals surface area contributed by atoms with Crippen molar-refractivity contribution in [2.24, 2.45) is 5.92 Å². The highest BCUT2D eigenvalue weighted by Gasteiger charge is 2.17. The molecule has 0 heterocycles. The number of nitro groups is 1. The second-order valence-electron chi connectivity index (χ2n) is 4.53. The number of hydrogen-bond acceptors (Lipinski definition) is 4. The van der Waals surface area contributed by atoms with E-state index in [9.17, 15) is 14.9 Å². The van der Waals surface area contributed by atoms with Crippen LogP contribution < -0.4 is 11.1 Å². The summed E-state index contributed by atoms with van der Waals surface area (Å²) >= 11 is 0. The molecule has 0 aliphatic rings. The predicted octanol–water partition coefficient (Wildman–Crippen LogP) is 1.95. The summed E-state index contributed by atoms with van der Waals surface area (Å²) in [5.74, 6) is -0.119. The van der Waals surface area contributed by atoms with Crippen molar-refractivity contribution < 1.29 is 9.72 Å². The van der Waals surface area contributed by atoms with Crippen molar-refractivity contribution in [3.05, 3.63) is 33.9 Å². The van der Waals surface area contributed by atoms with Gasteiger partial charge in [0.2, 0.25) is 0 Å². The van der Waals surface area contributed by atoms with Crippen molar-refractivity contribution in [2.75, 3.05) is 5.73 Å². The Hall–Kier alpha value is -2.11. The molecule has 0 aliphatic carbocycles. The van der Waals surface area contributed by atoms with Crippen molar-refractivity contribution in [1.82, 2.24) is 5.32 Å². The summed E-state index contributed by atoms with van der Waals surface area (Å²) in [6, 6.07) is 3.80. The molecule has 0 fully saturated rings. The molecule has 1 unspecified atom stereocenters. The van der Waals surface area contributed by atoms with Crippen molar-refractivity contribution in [1.29, 1.82) is 0 Å². The maximum Gasteiger partial charge on any atom is 0.270 e. The average molecular weight is 251 g/mol. The van der Waals surface area contributed by atoms with E-state index in [-0.39, 0.29) is 28.9 Å². The molecule has 0 aliphatic heterocycles. The van der Waals surface area contributed by atoms with Gasteiger partial charge in [-0.25, -0.2) is 0 Å². The van der Waals surface area contributed by atoms with Crippen LogP contribution in [0.4, 0.5) is 11.4 Å². The summed E-state index contributed by atoms with van der Waals surface area (Å²) in [5, 5.41) is 13.4. The summed E-state index contributed by atoms with van der Waals surface area (Å²) in [6.07, 6.45) is 0. The smallest absolute Gasteiger partial charge is 0.270 e. The summed E-state index contributed by atoms with van der Waals surface area (Å²) in [7, 11) is 0. The lowest BCUT2D eigenvalue weighted by Gasteiger charge is -2.17. The highest BCUT2D eigenvalue weighted by atomic mass is 16.6. The van der Waals surface area contributed by atoms with E-state index < -0.39 is 10.8 Å². The SMILES string of the molecule is CC(C)C(C)NC(=O)c1cc([N+](=O)[O-])ccc1N. The van der Waals surface area contributed by atoms with E-state index in [1.807, 2.05) is 20.8 Å². The van der Waals surface area contributed by atoms with Gasteiger partial charge in [-0.05, 0) is 18.9 Å². The summed E-state index contributed by atoms with van der Waals surface area (Å²) in [5.41, 5.74) is 5.88. The van der Waals surface area contributed by atoms with Gasteiger partial charge >= 0.3 is 0 Å². The topological polar surface area (TPSA) is 98.3 Å². The second-order valence-corrected chi connectivity index (χ2v) is 4.53. The number of nitrogens with zero attached hydrogens (tertiary/aromatic N) is 1. The monoisotopic (exact) mass is 251 g/mol. The van der Waals surface area contributed by atoms with Crippen LogP contribution >= 0.6 is 0 Å². The van der Waals surface area contributed by atoms with Gasteiger partial charge < -0.3 is 11.1 Å². The van der Waals surface area contributed by atoms with E-state index in [1.54, 1.807) is 0 Å². The molecule has 1 amide bonds. The molecule has 1 rings (SSSR count). The Balaban J connectivity index is 2.98. The van der Waals surface area contributed by atoms with Crippen LogP contribution in [0.25, 0.3) is 0 Å². The molecule has 0 saturated heterocycles. The molecular weight excluding hydrogens is 234 g/mol. The van der Waals surface area contributed by atoms with Crippen LogP contribution in [0.3, 0.4) is 0 Å². The lowest BCUT2D eigenvalue weighted by Crippen LogP contribution is -2.36. The maximum absolute atomic E-state index is 11.9. The number of benzene rings is 1. The highest BCUT2D eigenvalue weighted by molar-refractivity contribution is 5.99. The Kier molecular flexibility index (Phi) is 4.25. The third-order valence-corrected chi connectivity index (χ3v) is 2.85. The van der Waals surface area contributed by atoms with E-state index in [4.69, 9.17) is 5.73 Å². The fraction of sp³-hybridized carbons (Fsp3) is 0.417. The first kappa shape index (κ1) is 14.0. The third kappa shape index (κ3) is 3.19. The fourth-order valence-corrected chi connectivity index (χ4v) is 1.31. The largest absolute Gasteiger partial charge is 0.398 e. The standard InChI is InChI=1S/C12H17N3O3/c1-7(2)8(3)14-12(16)10-6-9(15(17)18)4-5-11(10)13/h4-8H,13H2,1-3H3,(H,14,16). The van der Waals surface area contributed by atoms with Crippen LogP contribution in [-0.2, 0) is 0 Å². The lowest BCUT2D eigenvalue weighted by molar-refractivity contribution is -0.384. The minimum absolute atomic E-state index is 0.0313. The van der Waals surface area contributed by atoms with E-state index in [2.05, 4.69) is 5.32 Å². The zero-order valence-electron chi connectivity index (χ0n) is 10.6. The molecule has 1 aromatic rings. The van der Waals surface area contributed by atoms with Crippen LogP contribution in [0.15, 0.2) is 18.2 Å². The molecule has 1 atom stereocenters. The van der Waals surface area contributed by atoms with Gasteiger partial charge in [0.1, 0.15) is 0 Å². The normalized spacial score (nSPS) is 12.2. The van der Waals surface area contributed by atoms with Crippen LogP contribution in [-0.4, -0.2) is 16.9 Å². The Morgan fingerprint density at radius 1 is 1.39 bits per heavy atom. The molecule has 0 bridgehead atoms. The summed E-state index contributed by atoms with van der Waals surface area (Å²) in [4.78, 5) is 22.0. The minimum Gasteiger partial charge on any atom is -0.398 e. The Morgan fingerprint density at radius 3 is 2.50 bits per heavy atom. The molecule has 3 N–H and O–H groups in total. The number of nitro benzene ring substituents is 1.